The van der Waals surface area contributed by atoms with Gasteiger partial charge in [-0.3, -0.25) is 0 Å². The molecule has 1 unspecified atom stereocenters. The van der Waals surface area contributed by atoms with Gasteiger partial charge in [-0.25, -0.2) is 0 Å². The van der Waals surface area contributed by atoms with Crippen LogP contribution in [0.4, 0.5) is 13.2 Å². The fourth-order valence-electron chi connectivity index (χ4n) is 2.11. The minimum Gasteiger partial charge on any atom is -0.385 e. The zero-order valence-corrected chi connectivity index (χ0v) is 12.5. The maximum Gasteiger partial charge on any atom is 0.389 e. The second-order valence-corrected chi connectivity index (χ2v) is 6.57. The maximum absolute atomic E-state index is 12.1. The van der Waals surface area contributed by atoms with E-state index in [9.17, 15) is 18.3 Å². The summed E-state index contributed by atoms with van der Waals surface area (Å²) in [7, 11) is 0. The number of hydrogen-bond acceptors (Lipinski definition) is 1. The zero-order chi connectivity index (χ0) is 15.6. The van der Waals surface area contributed by atoms with Crippen LogP contribution in [-0.4, -0.2) is 11.3 Å². The summed E-state index contributed by atoms with van der Waals surface area (Å²) in [6.45, 7) is 7.83. The second kappa shape index (κ2) is 5.76. The van der Waals surface area contributed by atoms with E-state index in [1.807, 2.05) is 12.1 Å². The molecule has 1 aromatic carbocycles. The van der Waals surface area contributed by atoms with E-state index in [1.165, 1.54) is 0 Å². The van der Waals surface area contributed by atoms with Crippen LogP contribution in [0.25, 0.3) is 0 Å². The molecule has 0 fully saturated rings. The standard InChI is InChI=1S/C16H23F3O/c1-14(2,3)12-6-8-13(9-7-12)15(4,20)10-5-11-16(17,18)19/h6-9,20H,5,10-11H2,1-4H3. The third kappa shape index (κ3) is 5.16. The Bertz CT molecular complexity index is 425. The van der Waals surface area contributed by atoms with Crippen molar-refractivity contribution in [3.05, 3.63) is 35.4 Å². The minimum absolute atomic E-state index is 0.0146. The summed E-state index contributed by atoms with van der Waals surface area (Å²) in [5.41, 5.74) is 0.586. The Kier molecular flexibility index (Phi) is 4.90. The van der Waals surface area contributed by atoms with E-state index in [0.29, 0.717) is 5.56 Å². The van der Waals surface area contributed by atoms with Crippen LogP contribution in [0.15, 0.2) is 24.3 Å². The molecule has 0 saturated heterocycles. The molecular weight excluding hydrogens is 265 g/mol. The van der Waals surface area contributed by atoms with Crippen LogP contribution in [0, 0.1) is 0 Å². The molecular formula is C16H23F3O. The van der Waals surface area contributed by atoms with Crippen LogP contribution in [0.5, 0.6) is 0 Å². The van der Waals surface area contributed by atoms with E-state index in [2.05, 4.69) is 20.8 Å². The van der Waals surface area contributed by atoms with E-state index in [4.69, 9.17) is 0 Å². The van der Waals surface area contributed by atoms with Gasteiger partial charge in [-0.2, -0.15) is 13.2 Å². The molecule has 0 amide bonds. The van der Waals surface area contributed by atoms with Gasteiger partial charge < -0.3 is 5.11 Å². The van der Waals surface area contributed by atoms with Crippen molar-refractivity contribution in [2.24, 2.45) is 0 Å². The van der Waals surface area contributed by atoms with E-state index < -0.39 is 18.2 Å². The summed E-state index contributed by atoms with van der Waals surface area (Å²) in [4.78, 5) is 0. The van der Waals surface area contributed by atoms with Crippen LogP contribution in [0.2, 0.25) is 0 Å². The number of benzene rings is 1. The normalized spacial score (nSPS) is 16.0. The molecule has 0 radical (unpaired) electrons. The molecule has 0 aliphatic heterocycles. The number of rotatable bonds is 4. The summed E-state index contributed by atoms with van der Waals surface area (Å²) in [6, 6.07) is 7.45. The van der Waals surface area contributed by atoms with Crippen molar-refractivity contribution in [2.75, 3.05) is 0 Å². The van der Waals surface area contributed by atoms with Crippen molar-refractivity contribution in [1.82, 2.24) is 0 Å². The van der Waals surface area contributed by atoms with E-state index >= 15 is 0 Å². The Morgan fingerprint density at radius 3 is 1.70 bits per heavy atom. The van der Waals surface area contributed by atoms with E-state index in [1.54, 1.807) is 19.1 Å². The topological polar surface area (TPSA) is 20.2 Å². The van der Waals surface area contributed by atoms with E-state index in [0.717, 1.165) is 5.56 Å². The Labute approximate surface area is 118 Å². The highest BCUT2D eigenvalue weighted by Gasteiger charge is 2.30. The molecule has 0 heterocycles. The molecule has 0 aromatic heterocycles. The van der Waals surface area contributed by atoms with Crippen LogP contribution in [0.1, 0.15) is 58.1 Å². The Morgan fingerprint density at radius 2 is 1.30 bits per heavy atom. The fourth-order valence-corrected chi connectivity index (χ4v) is 2.11. The summed E-state index contributed by atoms with van der Waals surface area (Å²) in [5, 5.41) is 10.3. The van der Waals surface area contributed by atoms with Gasteiger partial charge in [0.25, 0.3) is 0 Å². The van der Waals surface area contributed by atoms with Gasteiger partial charge in [-0.15, -0.1) is 0 Å². The van der Waals surface area contributed by atoms with Crippen LogP contribution in [0.3, 0.4) is 0 Å². The first-order chi connectivity index (χ1) is 8.92. The zero-order valence-electron chi connectivity index (χ0n) is 12.5. The van der Waals surface area contributed by atoms with Gasteiger partial charge in [-0.05, 0) is 36.3 Å². The highest BCUT2D eigenvalue weighted by Crippen LogP contribution is 2.31. The summed E-state index contributed by atoms with van der Waals surface area (Å²) in [6.07, 6.45) is -4.99. The van der Waals surface area contributed by atoms with Crippen molar-refractivity contribution in [3.63, 3.8) is 0 Å². The van der Waals surface area contributed by atoms with Crippen molar-refractivity contribution < 1.29 is 18.3 Å². The number of hydrogen-bond donors (Lipinski definition) is 1. The Balaban J connectivity index is 2.73. The lowest BCUT2D eigenvalue weighted by Gasteiger charge is -2.26. The third-order valence-corrected chi connectivity index (χ3v) is 3.50. The lowest BCUT2D eigenvalue weighted by Crippen LogP contribution is -2.22. The van der Waals surface area contributed by atoms with Crippen LogP contribution in [-0.2, 0) is 11.0 Å². The highest BCUT2D eigenvalue weighted by molar-refractivity contribution is 5.30. The monoisotopic (exact) mass is 288 g/mol. The number of alkyl halides is 3. The molecule has 1 N–H and O–H groups in total. The molecule has 0 spiro atoms. The molecule has 0 bridgehead atoms. The molecule has 1 atom stereocenters. The Hall–Kier alpha value is -1.03. The van der Waals surface area contributed by atoms with Gasteiger partial charge in [0.15, 0.2) is 0 Å². The fraction of sp³-hybridized carbons (Fsp3) is 0.625. The Morgan fingerprint density at radius 1 is 0.850 bits per heavy atom. The first-order valence-corrected chi connectivity index (χ1v) is 6.82. The van der Waals surface area contributed by atoms with Gasteiger partial charge in [0.1, 0.15) is 0 Å². The summed E-state index contributed by atoms with van der Waals surface area (Å²) < 4.78 is 36.4. The van der Waals surface area contributed by atoms with Gasteiger partial charge >= 0.3 is 6.18 Å². The number of halogens is 3. The SMILES string of the molecule is CC(C)(C)c1ccc(C(C)(O)CCCC(F)(F)F)cc1. The smallest absolute Gasteiger partial charge is 0.385 e. The molecule has 114 valence electrons. The van der Waals surface area contributed by atoms with Gasteiger partial charge in [0.2, 0.25) is 0 Å². The first-order valence-electron chi connectivity index (χ1n) is 6.82. The van der Waals surface area contributed by atoms with Crippen molar-refractivity contribution in [3.8, 4) is 0 Å². The predicted molar refractivity (Wildman–Crippen MR) is 74.6 cm³/mol. The first kappa shape index (κ1) is 17.0. The lowest BCUT2D eigenvalue weighted by atomic mass is 9.84. The van der Waals surface area contributed by atoms with Crippen LogP contribution >= 0.6 is 0 Å². The lowest BCUT2D eigenvalue weighted by molar-refractivity contribution is -0.137. The third-order valence-electron chi connectivity index (χ3n) is 3.50. The molecule has 0 aliphatic rings. The van der Waals surface area contributed by atoms with Crippen LogP contribution < -0.4 is 0 Å². The largest absolute Gasteiger partial charge is 0.389 e. The molecule has 1 aromatic rings. The molecule has 4 heteroatoms. The molecule has 0 aliphatic carbocycles. The molecule has 1 rings (SSSR count). The molecule has 20 heavy (non-hydrogen) atoms. The predicted octanol–water partition coefficient (Wildman–Crippen LogP) is 4.92. The number of aliphatic hydroxyl groups is 1. The maximum atomic E-state index is 12.1. The van der Waals surface area contributed by atoms with Gasteiger partial charge in [0.05, 0.1) is 5.60 Å². The highest BCUT2D eigenvalue weighted by atomic mass is 19.4. The average molecular weight is 288 g/mol. The molecule has 0 saturated carbocycles. The van der Waals surface area contributed by atoms with Crippen molar-refractivity contribution >= 4 is 0 Å². The summed E-state index contributed by atoms with van der Waals surface area (Å²) >= 11 is 0. The van der Waals surface area contributed by atoms with Crippen molar-refractivity contribution in [1.29, 1.82) is 0 Å². The van der Waals surface area contributed by atoms with Gasteiger partial charge in [-0.1, -0.05) is 45.0 Å². The van der Waals surface area contributed by atoms with E-state index in [-0.39, 0.29) is 18.3 Å². The quantitative estimate of drug-likeness (QED) is 0.833. The average Bonchev–Trinajstić information content (AvgIpc) is 2.26. The summed E-state index contributed by atoms with van der Waals surface area (Å²) in [5.74, 6) is 0. The van der Waals surface area contributed by atoms with Gasteiger partial charge in [0, 0.05) is 6.42 Å². The minimum atomic E-state index is -4.16. The molecule has 1 nitrogen and oxygen atoms in total. The second-order valence-electron chi connectivity index (χ2n) is 6.57. The van der Waals surface area contributed by atoms with Crippen molar-refractivity contribution in [2.45, 2.75) is 64.1 Å².